The van der Waals surface area contributed by atoms with Gasteiger partial charge in [-0.1, -0.05) is 18.2 Å². The summed E-state index contributed by atoms with van der Waals surface area (Å²) in [6, 6.07) is 8.66. The number of carboxylic acids is 2. The molecule has 6 nitrogen and oxygen atoms in total. The highest BCUT2D eigenvalue weighted by atomic mass is 16.4. The van der Waals surface area contributed by atoms with Crippen molar-refractivity contribution < 1.29 is 19.8 Å². The first-order chi connectivity index (χ1) is 9.82. The molecular weight excluding hydrogens is 272 g/mol. The van der Waals surface area contributed by atoms with Crippen molar-refractivity contribution in [3.8, 4) is 0 Å². The molecule has 0 spiro atoms. The summed E-state index contributed by atoms with van der Waals surface area (Å²) in [5.41, 5.74) is 2.73. The first-order valence-electron chi connectivity index (χ1n) is 6.48. The molecule has 21 heavy (non-hydrogen) atoms. The number of carboxylic acid groups (broad SMARTS) is 2. The topological polar surface area (TPSA) is 82.8 Å². The van der Waals surface area contributed by atoms with Crippen molar-refractivity contribution in [1.29, 1.82) is 0 Å². The number of nitrogens with zero attached hydrogens (tertiary/aromatic N) is 2. The number of aryl methyl sites for hydroxylation is 1. The highest BCUT2D eigenvalue weighted by Gasteiger charge is 2.04. The van der Waals surface area contributed by atoms with Crippen LogP contribution < -0.4 is 0 Å². The predicted octanol–water partition coefficient (Wildman–Crippen LogP) is 1.67. The molecule has 114 valence electrons. The number of hydrogen-bond acceptors (Lipinski definition) is 3. The van der Waals surface area contributed by atoms with E-state index in [0.717, 1.165) is 13.1 Å². The van der Waals surface area contributed by atoms with Crippen molar-refractivity contribution in [3.63, 3.8) is 0 Å². The molecule has 0 bridgehead atoms. The van der Waals surface area contributed by atoms with E-state index in [9.17, 15) is 0 Å². The van der Waals surface area contributed by atoms with Crippen LogP contribution in [0.3, 0.4) is 0 Å². The fraction of sp³-hybridized carbons (Fsp3) is 0.333. The first kappa shape index (κ1) is 16.7. The van der Waals surface area contributed by atoms with Gasteiger partial charge in [0.05, 0.1) is 5.52 Å². The minimum atomic E-state index is -1.82. The van der Waals surface area contributed by atoms with Crippen LogP contribution in [0.2, 0.25) is 0 Å². The summed E-state index contributed by atoms with van der Waals surface area (Å²) in [4.78, 5) is 20.4. The van der Waals surface area contributed by atoms with Crippen molar-refractivity contribution in [1.82, 2.24) is 9.47 Å². The number of para-hydroxylation sites is 1. The van der Waals surface area contributed by atoms with Crippen LogP contribution in [0.25, 0.3) is 10.9 Å². The minimum absolute atomic E-state index is 1.06. The van der Waals surface area contributed by atoms with Crippen molar-refractivity contribution in [2.24, 2.45) is 0 Å². The zero-order chi connectivity index (χ0) is 16.0. The summed E-state index contributed by atoms with van der Waals surface area (Å²) in [7, 11) is 4.22. The molecule has 0 radical (unpaired) electrons. The fourth-order valence-corrected chi connectivity index (χ4v) is 1.95. The zero-order valence-corrected chi connectivity index (χ0v) is 12.4. The maximum atomic E-state index is 9.10. The second kappa shape index (κ2) is 7.44. The van der Waals surface area contributed by atoms with Gasteiger partial charge < -0.3 is 19.7 Å². The SMILES string of the molecule is Cc1cccc2ccn(CCN(C)C)c12.O=C(O)C(=O)O. The molecule has 2 rings (SSSR count). The van der Waals surface area contributed by atoms with Gasteiger partial charge in [0.2, 0.25) is 0 Å². The summed E-state index contributed by atoms with van der Waals surface area (Å²) in [5, 5.41) is 16.1. The second-order valence-corrected chi connectivity index (χ2v) is 4.94. The lowest BCUT2D eigenvalue weighted by Gasteiger charge is -2.12. The quantitative estimate of drug-likeness (QED) is 0.841. The Morgan fingerprint density at radius 2 is 1.76 bits per heavy atom. The summed E-state index contributed by atoms with van der Waals surface area (Å²) < 4.78 is 2.34. The lowest BCUT2D eigenvalue weighted by Crippen LogP contribution is -2.18. The first-order valence-corrected chi connectivity index (χ1v) is 6.48. The van der Waals surface area contributed by atoms with Crippen LogP contribution in [0.4, 0.5) is 0 Å². The average molecular weight is 292 g/mol. The van der Waals surface area contributed by atoms with Crippen LogP contribution in [0.5, 0.6) is 0 Å². The van der Waals surface area contributed by atoms with Crippen LogP contribution in [0.1, 0.15) is 5.56 Å². The predicted molar refractivity (Wildman–Crippen MR) is 80.5 cm³/mol. The van der Waals surface area contributed by atoms with Crippen LogP contribution in [-0.2, 0) is 16.1 Å². The average Bonchev–Trinajstić information content (AvgIpc) is 2.81. The summed E-state index contributed by atoms with van der Waals surface area (Å²) in [5.74, 6) is -3.65. The summed E-state index contributed by atoms with van der Waals surface area (Å²) in [6.07, 6.45) is 2.18. The van der Waals surface area contributed by atoms with E-state index < -0.39 is 11.9 Å². The Morgan fingerprint density at radius 3 is 2.29 bits per heavy atom. The van der Waals surface area contributed by atoms with Gasteiger partial charge in [-0.15, -0.1) is 0 Å². The number of fused-ring (bicyclic) bond motifs is 1. The smallest absolute Gasteiger partial charge is 0.414 e. The minimum Gasteiger partial charge on any atom is -0.473 e. The third kappa shape index (κ3) is 4.92. The van der Waals surface area contributed by atoms with Gasteiger partial charge in [0.1, 0.15) is 0 Å². The van der Waals surface area contributed by atoms with Crippen LogP contribution in [-0.4, -0.2) is 52.3 Å². The molecule has 1 aromatic carbocycles. The van der Waals surface area contributed by atoms with Crippen molar-refractivity contribution >= 4 is 22.8 Å². The van der Waals surface area contributed by atoms with Gasteiger partial charge in [0, 0.05) is 19.3 Å². The van der Waals surface area contributed by atoms with E-state index in [1.165, 1.54) is 16.5 Å². The van der Waals surface area contributed by atoms with Crippen molar-refractivity contribution in [2.75, 3.05) is 20.6 Å². The second-order valence-electron chi connectivity index (χ2n) is 4.94. The van der Waals surface area contributed by atoms with E-state index >= 15 is 0 Å². The van der Waals surface area contributed by atoms with Gasteiger partial charge in [-0.05, 0) is 38.0 Å². The molecule has 1 aromatic heterocycles. The van der Waals surface area contributed by atoms with E-state index in [-0.39, 0.29) is 0 Å². The van der Waals surface area contributed by atoms with Gasteiger partial charge in [0.25, 0.3) is 0 Å². The molecule has 2 aromatic rings. The Labute approximate surface area is 123 Å². The lowest BCUT2D eigenvalue weighted by atomic mass is 10.2. The molecule has 0 fully saturated rings. The molecule has 0 saturated heterocycles. The van der Waals surface area contributed by atoms with E-state index in [2.05, 4.69) is 60.9 Å². The molecule has 2 N–H and O–H groups in total. The van der Waals surface area contributed by atoms with Crippen LogP contribution in [0, 0.1) is 6.92 Å². The zero-order valence-electron chi connectivity index (χ0n) is 12.4. The van der Waals surface area contributed by atoms with Gasteiger partial charge in [-0.2, -0.15) is 0 Å². The van der Waals surface area contributed by atoms with Gasteiger partial charge in [0.15, 0.2) is 0 Å². The van der Waals surface area contributed by atoms with Crippen LogP contribution >= 0.6 is 0 Å². The van der Waals surface area contributed by atoms with Crippen LogP contribution in [0.15, 0.2) is 30.5 Å². The maximum Gasteiger partial charge on any atom is 0.414 e. The monoisotopic (exact) mass is 292 g/mol. The van der Waals surface area contributed by atoms with Crippen molar-refractivity contribution in [3.05, 3.63) is 36.0 Å². The molecule has 1 heterocycles. The fourth-order valence-electron chi connectivity index (χ4n) is 1.95. The molecule has 0 atom stereocenters. The maximum absolute atomic E-state index is 9.10. The third-order valence-electron chi connectivity index (χ3n) is 2.96. The van der Waals surface area contributed by atoms with Gasteiger partial charge >= 0.3 is 11.9 Å². The van der Waals surface area contributed by atoms with E-state index in [4.69, 9.17) is 19.8 Å². The number of likely N-dealkylation sites (N-methyl/N-ethyl adjacent to an activating group) is 1. The van der Waals surface area contributed by atoms with Gasteiger partial charge in [-0.25, -0.2) is 9.59 Å². The summed E-state index contributed by atoms with van der Waals surface area (Å²) >= 11 is 0. The lowest BCUT2D eigenvalue weighted by molar-refractivity contribution is -0.159. The third-order valence-corrected chi connectivity index (χ3v) is 2.96. The Kier molecular flexibility index (Phi) is 5.92. The van der Waals surface area contributed by atoms with E-state index in [0.29, 0.717) is 0 Å². The molecule has 0 saturated carbocycles. The van der Waals surface area contributed by atoms with Crippen molar-refractivity contribution in [2.45, 2.75) is 13.5 Å². The number of aromatic nitrogens is 1. The molecular formula is C15H20N2O4. The van der Waals surface area contributed by atoms with E-state index in [1.54, 1.807) is 0 Å². The van der Waals surface area contributed by atoms with E-state index in [1.807, 2.05) is 0 Å². The highest BCUT2D eigenvalue weighted by molar-refractivity contribution is 6.27. The standard InChI is InChI=1S/C13H18N2.C2H2O4/c1-11-5-4-6-12-7-8-15(13(11)12)10-9-14(2)3;3-1(4)2(5)6/h4-8H,9-10H2,1-3H3;(H,3,4)(H,5,6). The molecule has 0 unspecified atom stereocenters. The number of rotatable bonds is 3. The Balaban J connectivity index is 0.000000315. The Morgan fingerprint density at radius 1 is 1.14 bits per heavy atom. The molecule has 0 aliphatic rings. The molecule has 0 aliphatic carbocycles. The number of carbonyl (C=O) groups is 2. The largest absolute Gasteiger partial charge is 0.473 e. The van der Waals surface area contributed by atoms with Gasteiger partial charge in [-0.3, -0.25) is 0 Å². The molecule has 0 aliphatic heterocycles. The molecule has 0 amide bonds. The highest BCUT2D eigenvalue weighted by Crippen LogP contribution is 2.19. The number of benzene rings is 1. The summed E-state index contributed by atoms with van der Waals surface area (Å²) in [6.45, 7) is 4.31. The Bertz CT molecular complexity index is 620. The normalized spacial score (nSPS) is 10.3. The Hall–Kier alpha value is -2.34. The number of hydrogen-bond donors (Lipinski definition) is 2. The number of aliphatic carboxylic acids is 2. The molecule has 6 heteroatoms.